The fraction of sp³-hybridized carbons (Fsp3) is 0.923. The second-order valence-electron chi connectivity index (χ2n) is 5.14. The van der Waals surface area contributed by atoms with Crippen LogP contribution >= 0.6 is 23.4 Å². The third-order valence-corrected chi connectivity index (χ3v) is 5.02. The Morgan fingerprint density at radius 3 is 2.84 bits per heavy atom. The van der Waals surface area contributed by atoms with E-state index in [1.54, 1.807) is 6.92 Å². The monoisotopic (exact) mass is 306 g/mol. The maximum Gasteiger partial charge on any atom is 0.240 e. The second-order valence-corrected chi connectivity index (χ2v) is 6.95. The zero-order valence-electron chi connectivity index (χ0n) is 11.5. The number of thioether (sulfide) groups is 1. The van der Waals surface area contributed by atoms with Crippen molar-refractivity contribution in [2.45, 2.75) is 24.8 Å². The number of carbonyl (C=O) groups is 1. The Morgan fingerprint density at radius 2 is 2.16 bits per heavy atom. The molecule has 2 fully saturated rings. The molecule has 4 nitrogen and oxygen atoms in total. The van der Waals surface area contributed by atoms with Crippen molar-refractivity contribution in [3.8, 4) is 0 Å². The first kappa shape index (κ1) is 15.4. The second kappa shape index (κ2) is 7.72. The summed E-state index contributed by atoms with van der Waals surface area (Å²) < 4.78 is 5.38. The highest BCUT2D eigenvalue weighted by Crippen LogP contribution is 2.19. The highest BCUT2D eigenvalue weighted by Gasteiger charge is 2.29. The molecule has 0 saturated carbocycles. The van der Waals surface area contributed by atoms with Gasteiger partial charge in [-0.15, -0.1) is 11.6 Å². The molecule has 2 rings (SSSR count). The maximum atomic E-state index is 12.2. The number of nitrogens with zero attached hydrogens (tertiary/aromatic N) is 2. The van der Waals surface area contributed by atoms with Crippen molar-refractivity contribution in [3.63, 3.8) is 0 Å². The molecule has 2 atom stereocenters. The zero-order chi connectivity index (χ0) is 13.7. The standard InChI is InChI=1S/C13H23ClN2O2S/c1-11(14)13(17)16-3-2-8-19-10-12(16)9-15-4-6-18-7-5-15/h11-12H,2-10H2,1H3. The van der Waals surface area contributed by atoms with E-state index in [-0.39, 0.29) is 5.91 Å². The molecule has 2 heterocycles. The molecule has 0 bridgehead atoms. The third kappa shape index (κ3) is 4.52. The molecule has 19 heavy (non-hydrogen) atoms. The number of hydrogen-bond donors (Lipinski definition) is 0. The van der Waals surface area contributed by atoms with Gasteiger partial charge in [0.05, 0.1) is 19.3 Å². The average molecular weight is 307 g/mol. The van der Waals surface area contributed by atoms with Gasteiger partial charge < -0.3 is 9.64 Å². The summed E-state index contributed by atoms with van der Waals surface area (Å²) in [4.78, 5) is 16.7. The molecule has 0 spiro atoms. The van der Waals surface area contributed by atoms with E-state index >= 15 is 0 Å². The number of halogens is 1. The van der Waals surface area contributed by atoms with Crippen molar-refractivity contribution in [2.75, 3.05) is 50.9 Å². The predicted molar refractivity (Wildman–Crippen MR) is 80.0 cm³/mol. The van der Waals surface area contributed by atoms with E-state index in [0.29, 0.717) is 6.04 Å². The number of hydrogen-bond acceptors (Lipinski definition) is 4. The molecule has 0 radical (unpaired) electrons. The van der Waals surface area contributed by atoms with E-state index in [2.05, 4.69) is 4.90 Å². The summed E-state index contributed by atoms with van der Waals surface area (Å²) in [6.07, 6.45) is 1.07. The highest BCUT2D eigenvalue weighted by molar-refractivity contribution is 7.99. The minimum absolute atomic E-state index is 0.0856. The molecule has 1 amide bonds. The van der Waals surface area contributed by atoms with Gasteiger partial charge in [0.25, 0.3) is 0 Å². The molecular weight excluding hydrogens is 284 g/mol. The first-order chi connectivity index (χ1) is 9.18. The highest BCUT2D eigenvalue weighted by atomic mass is 35.5. The van der Waals surface area contributed by atoms with Crippen LogP contribution in [0.5, 0.6) is 0 Å². The van der Waals surface area contributed by atoms with Gasteiger partial charge in [-0.2, -0.15) is 11.8 Å². The number of alkyl halides is 1. The van der Waals surface area contributed by atoms with Gasteiger partial charge in [0.2, 0.25) is 5.91 Å². The third-order valence-electron chi connectivity index (χ3n) is 3.63. The van der Waals surface area contributed by atoms with E-state index in [1.807, 2.05) is 16.7 Å². The average Bonchev–Trinajstić information content (AvgIpc) is 2.64. The SMILES string of the molecule is CC(Cl)C(=O)N1CCCSCC1CN1CCOCC1. The molecule has 2 saturated heterocycles. The Labute approximate surface area is 124 Å². The lowest BCUT2D eigenvalue weighted by atomic mass is 10.2. The summed E-state index contributed by atoms with van der Waals surface area (Å²) in [7, 11) is 0. The van der Waals surface area contributed by atoms with Gasteiger partial charge in [0.1, 0.15) is 5.38 Å². The summed E-state index contributed by atoms with van der Waals surface area (Å²) in [6, 6.07) is 0.291. The normalized spacial score (nSPS) is 27.9. The Balaban J connectivity index is 1.97. The fourth-order valence-corrected chi connectivity index (χ4v) is 3.76. The molecular formula is C13H23ClN2O2S. The van der Waals surface area contributed by atoms with Crippen molar-refractivity contribution >= 4 is 29.3 Å². The van der Waals surface area contributed by atoms with Gasteiger partial charge >= 0.3 is 0 Å². The molecule has 2 aliphatic heterocycles. The number of amides is 1. The Bertz CT molecular complexity index is 298. The first-order valence-corrected chi connectivity index (χ1v) is 8.60. The molecule has 0 N–H and O–H groups in total. The molecule has 0 aromatic rings. The van der Waals surface area contributed by atoms with Gasteiger partial charge in [0, 0.05) is 31.9 Å². The van der Waals surface area contributed by atoms with Crippen molar-refractivity contribution in [2.24, 2.45) is 0 Å². The summed E-state index contributed by atoms with van der Waals surface area (Å²) in [5.41, 5.74) is 0. The first-order valence-electron chi connectivity index (χ1n) is 7.01. The largest absolute Gasteiger partial charge is 0.379 e. The molecule has 110 valence electrons. The van der Waals surface area contributed by atoms with Crippen LogP contribution in [0.15, 0.2) is 0 Å². The minimum Gasteiger partial charge on any atom is -0.379 e. The lowest BCUT2D eigenvalue weighted by Crippen LogP contribution is -2.51. The summed E-state index contributed by atoms with van der Waals surface area (Å²) in [5.74, 6) is 2.25. The van der Waals surface area contributed by atoms with Crippen LogP contribution in [-0.4, -0.2) is 78.0 Å². The lowest BCUT2D eigenvalue weighted by Gasteiger charge is -2.36. The number of morpholine rings is 1. The molecule has 2 unspecified atom stereocenters. The van der Waals surface area contributed by atoms with Gasteiger partial charge in [0.15, 0.2) is 0 Å². The molecule has 2 aliphatic rings. The Kier molecular flexibility index (Phi) is 6.26. The minimum atomic E-state index is -0.421. The summed E-state index contributed by atoms with van der Waals surface area (Å²) in [5, 5.41) is -0.421. The topological polar surface area (TPSA) is 32.8 Å². The molecule has 6 heteroatoms. The maximum absolute atomic E-state index is 12.2. The van der Waals surface area contributed by atoms with Crippen molar-refractivity contribution in [1.29, 1.82) is 0 Å². The van der Waals surface area contributed by atoms with Crippen LogP contribution in [0.4, 0.5) is 0 Å². The Morgan fingerprint density at radius 1 is 1.42 bits per heavy atom. The van der Waals surface area contributed by atoms with Crippen LogP contribution in [0.2, 0.25) is 0 Å². The number of ether oxygens (including phenoxy) is 1. The van der Waals surface area contributed by atoms with Gasteiger partial charge in [-0.05, 0) is 19.1 Å². The van der Waals surface area contributed by atoms with Crippen LogP contribution in [0.25, 0.3) is 0 Å². The van der Waals surface area contributed by atoms with Crippen molar-refractivity contribution in [1.82, 2.24) is 9.80 Å². The van der Waals surface area contributed by atoms with Crippen molar-refractivity contribution < 1.29 is 9.53 Å². The summed E-state index contributed by atoms with van der Waals surface area (Å²) in [6.45, 7) is 7.12. The van der Waals surface area contributed by atoms with E-state index < -0.39 is 5.38 Å². The summed E-state index contributed by atoms with van der Waals surface area (Å²) >= 11 is 7.94. The quantitative estimate of drug-likeness (QED) is 0.736. The van der Waals surface area contributed by atoms with E-state index in [0.717, 1.165) is 57.3 Å². The van der Waals surface area contributed by atoms with Crippen LogP contribution in [-0.2, 0) is 9.53 Å². The van der Waals surface area contributed by atoms with Gasteiger partial charge in [-0.3, -0.25) is 9.69 Å². The molecule has 0 aliphatic carbocycles. The molecule has 0 aromatic heterocycles. The number of carbonyl (C=O) groups excluding carboxylic acids is 1. The van der Waals surface area contributed by atoms with Crippen molar-refractivity contribution in [3.05, 3.63) is 0 Å². The predicted octanol–water partition coefficient (Wildman–Crippen LogP) is 1.28. The van der Waals surface area contributed by atoms with Crippen LogP contribution < -0.4 is 0 Å². The lowest BCUT2D eigenvalue weighted by molar-refractivity contribution is -0.132. The van der Waals surface area contributed by atoms with E-state index in [4.69, 9.17) is 16.3 Å². The van der Waals surface area contributed by atoms with E-state index in [1.165, 1.54) is 0 Å². The van der Waals surface area contributed by atoms with Gasteiger partial charge in [-0.1, -0.05) is 0 Å². The Hall–Kier alpha value is 0.0300. The molecule has 0 aromatic carbocycles. The number of rotatable bonds is 3. The van der Waals surface area contributed by atoms with Crippen LogP contribution in [0.3, 0.4) is 0 Å². The smallest absolute Gasteiger partial charge is 0.240 e. The van der Waals surface area contributed by atoms with Crippen LogP contribution in [0.1, 0.15) is 13.3 Å². The van der Waals surface area contributed by atoms with Gasteiger partial charge in [-0.25, -0.2) is 0 Å². The van der Waals surface area contributed by atoms with E-state index in [9.17, 15) is 4.79 Å². The zero-order valence-corrected chi connectivity index (χ0v) is 13.1. The fourth-order valence-electron chi connectivity index (χ4n) is 2.58. The van der Waals surface area contributed by atoms with Crippen LogP contribution in [0, 0.1) is 0 Å².